The van der Waals surface area contributed by atoms with Crippen LogP contribution in [-0.2, 0) is 16.1 Å². The van der Waals surface area contributed by atoms with Crippen molar-refractivity contribution >= 4 is 27.9 Å². The van der Waals surface area contributed by atoms with Crippen molar-refractivity contribution < 1.29 is 28.5 Å². The first-order valence-electron chi connectivity index (χ1n) is 11.5. The van der Waals surface area contributed by atoms with Crippen molar-refractivity contribution in [1.82, 2.24) is 9.61 Å². The van der Waals surface area contributed by atoms with Gasteiger partial charge in [0.2, 0.25) is 0 Å². The Morgan fingerprint density at radius 1 is 1.09 bits per heavy atom. The van der Waals surface area contributed by atoms with Crippen LogP contribution in [0, 0.1) is 0 Å². The first kappa shape index (κ1) is 26.6. The number of anilines is 1. The van der Waals surface area contributed by atoms with E-state index in [-0.39, 0.29) is 0 Å². The Labute approximate surface area is 210 Å². The number of benzene rings is 1. The summed E-state index contributed by atoms with van der Waals surface area (Å²) in [5.74, 6) is 1.60. The molecule has 0 spiro atoms. The predicted molar refractivity (Wildman–Crippen MR) is 137 cm³/mol. The quantitative estimate of drug-likeness (QED) is 0.345. The highest BCUT2D eigenvalue weighted by Gasteiger charge is 2.31. The third kappa shape index (κ3) is 5.65. The molecule has 10 heteroatoms. The summed E-state index contributed by atoms with van der Waals surface area (Å²) >= 11 is 1.46. The monoisotopic (exact) mass is 505 g/mol. The Bertz CT molecular complexity index is 1140. The molecule has 0 saturated heterocycles. The Morgan fingerprint density at radius 2 is 1.74 bits per heavy atom. The average molecular weight is 506 g/mol. The van der Waals surface area contributed by atoms with Gasteiger partial charge >= 0.3 is 6.09 Å². The number of methoxy groups -OCH3 is 4. The summed E-state index contributed by atoms with van der Waals surface area (Å²) in [4.78, 5) is 15.6. The molecule has 2 heterocycles. The zero-order chi connectivity index (χ0) is 25.8. The maximum absolute atomic E-state index is 13.2. The van der Waals surface area contributed by atoms with E-state index in [2.05, 4.69) is 6.92 Å². The van der Waals surface area contributed by atoms with E-state index in [1.165, 1.54) is 11.3 Å². The molecule has 35 heavy (non-hydrogen) atoms. The van der Waals surface area contributed by atoms with Crippen molar-refractivity contribution in [2.24, 2.45) is 0 Å². The molecule has 3 aromatic rings. The molecule has 9 nitrogen and oxygen atoms in total. The van der Waals surface area contributed by atoms with Gasteiger partial charge in [-0.1, -0.05) is 13.3 Å². The van der Waals surface area contributed by atoms with Crippen LogP contribution in [0.5, 0.6) is 17.4 Å². The predicted octanol–water partition coefficient (Wildman–Crippen LogP) is 5.78. The molecule has 1 aromatic carbocycles. The summed E-state index contributed by atoms with van der Waals surface area (Å²) in [5, 5.41) is 6.67. The Hall–Kier alpha value is -2.98. The molecule has 0 N–H and O–H groups in total. The standard InChI is InChI=1S/C25H35N3O6S/c1-9-10-11-27(24(29)34-25(2,3)4)21-22(33-8)26-28-17(15-35-23(21)28)20-18(31-6)12-16(14-30-5)13-19(20)32-7/h12-13,15H,9-11,14H2,1-8H3. The first-order valence-corrected chi connectivity index (χ1v) is 12.4. The maximum atomic E-state index is 13.2. The van der Waals surface area contributed by atoms with E-state index >= 15 is 0 Å². The van der Waals surface area contributed by atoms with Gasteiger partial charge in [0, 0.05) is 19.0 Å². The van der Waals surface area contributed by atoms with Crippen LogP contribution in [0.25, 0.3) is 16.1 Å². The van der Waals surface area contributed by atoms with Crippen molar-refractivity contribution in [2.45, 2.75) is 52.7 Å². The molecule has 192 valence electrons. The lowest BCUT2D eigenvalue weighted by molar-refractivity contribution is 0.0579. The van der Waals surface area contributed by atoms with E-state index in [1.54, 1.807) is 37.9 Å². The molecule has 0 bridgehead atoms. The average Bonchev–Trinajstić information content (AvgIpc) is 3.37. The second-order valence-corrected chi connectivity index (χ2v) is 9.85. The molecule has 0 aliphatic rings. The van der Waals surface area contributed by atoms with Gasteiger partial charge in [0.1, 0.15) is 27.6 Å². The molecule has 0 radical (unpaired) electrons. The highest BCUT2D eigenvalue weighted by Crippen LogP contribution is 2.45. The van der Waals surface area contributed by atoms with Crippen LogP contribution < -0.4 is 19.1 Å². The summed E-state index contributed by atoms with van der Waals surface area (Å²) in [6, 6.07) is 3.83. The van der Waals surface area contributed by atoms with Crippen LogP contribution in [-0.4, -0.2) is 56.3 Å². The lowest BCUT2D eigenvalue weighted by Crippen LogP contribution is -2.37. The summed E-state index contributed by atoms with van der Waals surface area (Å²) < 4.78 is 29.8. The van der Waals surface area contributed by atoms with Gasteiger partial charge in [-0.25, -0.2) is 9.31 Å². The van der Waals surface area contributed by atoms with Gasteiger partial charge in [-0.15, -0.1) is 16.4 Å². The molecule has 0 unspecified atom stereocenters. The molecular weight excluding hydrogens is 470 g/mol. The van der Waals surface area contributed by atoms with E-state index in [0.29, 0.717) is 36.2 Å². The lowest BCUT2D eigenvalue weighted by Gasteiger charge is -2.27. The van der Waals surface area contributed by atoms with Crippen LogP contribution in [0.3, 0.4) is 0 Å². The minimum Gasteiger partial charge on any atom is -0.496 e. The molecule has 3 rings (SSSR count). The smallest absolute Gasteiger partial charge is 0.415 e. The number of thiazole rings is 1. The number of amides is 1. The number of unbranched alkanes of at least 4 members (excludes halogenated alkanes) is 1. The second kappa shape index (κ2) is 11.2. The van der Waals surface area contributed by atoms with Crippen LogP contribution >= 0.6 is 11.3 Å². The van der Waals surface area contributed by atoms with Gasteiger partial charge in [-0.3, -0.25) is 4.90 Å². The van der Waals surface area contributed by atoms with E-state index < -0.39 is 11.7 Å². The van der Waals surface area contributed by atoms with Crippen LogP contribution in [0.1, 0.15) is 46.1 Å². The molecule has 0 saturated carbocycles. The minimum absolute atomic E-state index is 0.342. The molecular formula is C25H35N3O6S. The third-order valence-corrected chi connectivity index (χ3v) is 6.17. The molecule has 1 amide bonds. The second-order valence-electron chi connectivity index (χ2n) is 8.99. The fourth-order valence-electron chi connectivity index (χ4n) is 3.74. The number of nitrogens with zero attached hydrogens (tertiary/aromatic N) is 3. The van der Waals surface area contributed by atoms with Gasteiger partial charge in [-0.05, 0) is 44.9 Å². The van der Waals surface area contributed by atoms with Gasteiger partial charge in [0.25, 0.3) is 5.88 Å². The molecule has 0 atom stereocenters. The summed E-state index contributed by atoms with van der Waals surface area (Å²) in [7, 11) is 6.41. The highest BCUT2D eigenvalue weighted by molar-refractivity contribution is 7.16. The van der Waals surface area contributed by atoms with E-state index in [0.717, 1.165) is 34.5 Å². The Morgan fingerprint density at radius 3 is 2.26 bits per heavy atom. The zero-order valence-corrected chi connectivity index (χ0v) is 22.6. The van der Waals surface area contributed by atoms with Gasteiger partial charge in [0.05, 0.1) is 39.2 Å². The fraction of sp³-hybridized carbons (Fsp3) is 0.520. The van der Waals surface area contributed by atoms with Crippen LogP contribution in [0.4, 0.5) is 10.5 Å². The fourth-order valence-corrected chi connectivity index (χ4v) is 4.72. The number of ether oxygens (including phenoxy) is 5. The number of aromatic nitrogens is 2. The Balaban J connectivity index is 2.20. The van der Waals surface area contributed by atoms with Gasteiger partial charge < -0.3 is 23.7 Å². The normalized spacial score (nSPS) is 11.5. The molecule has 0 aliphatic carbocycles. The molecule has 2 aromatic heterocycles. The van der Waals surface area contributed by atoms with Crippen molar-refractivity contribution in [2.75, 3.05) is 39.9 Å². The van der Waals surface area contributed by atoms with Crippen molar-refractivity contribution in [3.8, 4) is 28.6 Å². The van der Waals surface area contributed by atoms with E-state index in [9.17, 15) is 4.79 Å². The number of carbonyl (C=O) groups is 1. The van der Waals surface area contributed by atoms with Gasteiger partial charge in [-0.2, -0.15) is 0 Å². The molecule has 0 aliphatic heterocycles. The summed E-state index contributed by atoms with van der Waals surface area (Å²) in [6.07, 6.45) is 1.29. The minimum atomic E-state index is -0.633. The molecule has 0 fully saturated rings. The SMILES string of the molecule is CCCCN(C(=O)OC(C)(C)C)c1c(OC)nn2c(-c3c(OC)cc(COC)cc3OC)csc12. The lowest BCUT2D eigenvalue weighted by atomic mass is 10.1. The topological polar surface area (TPSA) is 83.8 Å². The highest BCUT2D eigenvalue weighted by atomic mass is 32.1. The third-order valence-electron chi connectivity index (χ3n) is 5.24. The number of fused-ring (bicyclic) bond motifs is 1. The van der Waals surface area contributed by atoms with E-state index in [4.69, 9.17) is 28.8 Å². The summed E-state index contributed by atoms with van der Waals surface area (Å²) in [6.45, 7) is 8.53. The van der Waals surface area contributed by atoms with E-state index in [1.807, 2.05) is 38.3 Å². The number of hydrogen-bond donors (Lipinski definition) is 0. The van der Waals surface area contributed by atoms with Crippen LogP contribution in [0.2, 0.25) is 0 Å². The van der Waals surface area contributed by atoms with Gasteiger partial charge in [0.15, 0.2) is 0 Å². The largest absolute Gasteiger partial charge is 0.496 e. The number of rotatable bonds is 10. The zero-order valence-electron chi connectivity index (χ0n) is 21.8. The maximum Gasteiger partial charge on any atom is 0.415 e. The van der Waals surface area contributed by atoms with Crippen molar-refractivity contribution in [3.05, 3.63) is 23.1 Å². The number of hydrogen-bond acceptors (Lipinski definition) is 8. The van der Waals surface area contributed by atoms with Crippen molar-refractivity contribution in [1.29, 1.82) is 0 Å². The Kier molecular flexibility index (Phi) is 8.50. The summed E-state index contributed by atoms with van der Waals surface area (Å²) in [5.41, 5.74) is 2.38. The first-order chi connectivity index (χ1) is 16.7. The van der Waals surface area contributed by atoms with Crippen LogP contribution in [0.15, 0.2) is 17.5 Å². The van der Waals surface area contributed by atoms with Crippen molar-refractivity contribution in [3.63, 3.8) is 0 Å². The number of carbonyl (C=O) groups excluding carboxylic acids is 1.